The summed E-state index contributed by atoms with van der Waals surface area (Å²) in [5.41, 5.74) is 3.05. The van der Waals surface area contributed by atoms with Gasteiger partial charge >= 0.3 is 0 Å². The average Bonchev–Trinajstić information content (AvgIpc) is 2.92. The van der Waals surface area contributed by atoms with Crippen LogP contribution in [0.5, 0.6) is 11.5 Å². The average molecular weight is 315 g/mol. The van der Waals surface area contributed by atoms with E-state index in [1.165, 1.54) is 24.0 Å². The molecule has 2 bridgehead atoms. The molecule has 4 heteroatoms. The van der Waals surface area contributed by atoms with Crippen molar-refractivity contribution in [2.75, 3.05) is 27.8 Å². The molecule has 0 aromatic heterocycles. The van der Waals surface area contributed by atoms with Gasteiger partial charge in [0.1, 0.15) is 6.10 Å². The number of benzene rings is 1. The molecule has 1 spiro atoms. The first-order chi connectivity index (χ1) is 11.2. The SMILES string of the molecule is COc1ccc2c3c1OC1C(OC)CCC4C(C2)N(C)CCC341. The third-order valence-electron chi connectivity index (χ3n) is 7.05. The van der Waals surface area contributed by atoms with Crippen molar-refractivity contribution in [1.29, 1.82) is 0 Å². The van der Waals surface area contributed by atoms with Gasteiger partial charge in [0, 0.05) is 24.1 Å². The van der Waals surface area contributed by atoms with Gasteiger partial charge in [0.25, 0.3) is 0 Å². The van der Waals surface area contributed by atoms with E-state index in [-0.39, 0.29) is 17.6 Å². The number of hydrogen-bond acceptors (Lipinski definition) is 4. The smallest absolute Gasteiger partial charge is 0.165 e. The second-order valence-electron chi connectivity index (χ2n) is 7.67. The maximum Gasteiger partial charge on any atom is 0.165 e. The Labute approximate surface area is 137 Å². The topological polar surface area (TPSA) is 30.9 Å². The molecular formula is C19H25NO3. The fourth-order valence-electron chi connectivity index (χ4n) is 6.08. The highest BCUT2D eigenvalue weighted by Gasteiger charge is 2.65. The number of likely N-dealkylation sites (N-methyl/N-ethyl adjacent to an activating group) is 1. The van der Waals surface area contributed by atoms with Crippen molar-refractivity contribution in [3.05, 3.63) is 23.3 Å². The van der Waals surface area contributed by atoms with Gasteiger partial charge < -0.3 is 19.1 Å². The fourth-order valence-corrected chi connectivity index (χ4v) is 6.08. The first-order valence-electron chi connectivity index (χ1n) is 8.80. The number of methoxy groups -OCH3 is 2. The van der Waals surface area contributed by atoms with Gasteiger partial charge in [0.2, 0.25) is 0 Å². The molecular weight excluding hydrogens is 290 g/mol. The second-order valence-corrected chi connectivity index (χ2v) is 7.67. The summed E-state index contributed by atoms with van der Waals surface area (Å²) in [4.78, 5) is 2.57. The Balaban J connectivity index is 1.77. The number of rotatable bonds is 2. The molecule has 0 N–H and O–H groups in total. The van der Waals surface area contributed by atoms with Crippen molar-refractivity contribution >= 4 is 0 Å². The molecule has 4 aliphatic rings. The monoisotopic (exact) mass is 315 g/mol. The third kappa shape index (κ3) is 1.54. The molecule has 5 unspecified atom stereocenters. The highest BCUT2D eigenvalue weighted by Crippen LogP contribution is 2.63. The molecule has 2 aliphatic carbocycles. The molecule has 2 heterocycles. The molecule has 1 saturated heterocycles. The zero-order chi connectivity index (χ0) is 15.8. The van der Waals surface area contributed by atoms with Crippen LogP contribution in [0.2, 0.25) is 0 Å². The summed E-state index contributed by atoms with van der Waals surface area (Å²) in [5, 5.41) is 0. The lowest BCUT2D eigenvalue weighted by atomic mass is 9.51. The number of nitrogens with zero attached hydrogens (tertiary/aromatic N) is 1. The lowest BCUT2D eigenvalue weighted by Crippen LogP contribution is -2.66. The summed E-state index contributed by atoms with van der Waals surface area (Å²) in [6, 6.07) is 4.99. The lowest BCUT2D eigenvalue weighted by Gasteiger charge is -2.58. The molecule has 0 amide bonds. The normalized spacial score (nSPS) is 40.5. The van der Waals surface area contributed by atoms with Gasteiger partial charge in [-0.1, -0.05) is 6.07 Å². The molecule has 0 radical (unpaired) electrons. The predicted octanol–water partition coefficient (Wildman–Crippen LogP) is 2.38. The summed E-state index contributed by atoms with van der Waals surface area (Å²) in [7, 11) is 5.87. The van der Waals surface area contributed by atoms with Gasteiger partial charge in [-0.15, -0.1) is 0 Å². The Kier molecular flexibility index (Phi) is 2.85. The van der Waals surface area contributed by atoms with Crippen LogP contribution >= 0.6 is 0 Å². The van der Waals surface area contributed by atoms with Gasteiger partial charge in [0.05, 0.1) is 13.2 Å². The van der Waals surface area contributed by atoms with Crippen LogP contribution in [0, 0.1) is 5.92 Å². The Hall–Kier alpha value is -1.26. The zero-order valence-electron chi connectivity index (χ0n) is 14.2. The maximum atomic E-state index is 6.57. The van der Waals surface area contributed by atoms with Crippen molar-refractivity contribution in [3.63, 3.8) is 0 Å². The van der Waals surface area contributed by atoms with Crippen molar-refractivity contribution in [2.24, 2.45) is 5.92 Å². The first-order valence-corrected chi connectivity index (χ1v) is 8.80. The van der Waals surface area contributed by atoms with E-state index in [1.54, 1.807) is 7.11 Å². The summed E-state index contributed by atoms with van der Waals surface area (Å²) in [5.74, 6) is 2.57. The van der Waals surface area contributed by atoms with E-state index in [4.69, 9.17) is 14.2 Å². The molecule has 4 nitrogen and oxygen atoms in total. The van der Waals surface area contributed by atoms with E-state index < -0.39 is 0 Å². The molecule has 2 fully saturated rings. The first kappa shape index (κ1) is 14.1. The molecule has 1 aromatic rings. The van der Waals surface area contributed by atoms with Crippen molar-refractivity contribution in [2.45, 2.75) is 49.3 Å². The van der Waals surface area contributed by atoms with Crippen LogP contribution in [-0.2, 0) is 16.6 Å². The van der Waals surface area contributed by atoms with E-state index in [2.05, 4.69) is 24.1 Å². The molecule has 5 atom stereocenters. The Morgan fingerprint density at radius 3 is 2.91 bits per heavy atom. The molecule has 5 rings (SSSR count). The van der Waals surface area contributed by atoms with Crippen LogP contribution in [-0.4, -0.2) is 51.0 Å². The lowest BCUT2D eigenvalue weighted by molar-refractivity contribution is -0.111. The molecule has 1 aromatic carbocycles. The molecule has 2 aliphatic heterocycles. The van der Waals surface area contributed by atoms with E-state index >= 15 is 0 Å². The van der Waals surface area contributed by atoms with Crippen LogP contribution in [0.25, 0.3) is 0 Å². The van der Waals surface area contributed by atoms with Crippen LogP contribution in [0.3, 0.4) is 0 Å². The Morgan fingerprint density at radius 1 is 1.26 bits per heavy atom. The summed E-state index contributed by atoms with van der Waals surface area (Å²) >= 11 is 0. The standard InChI is InChI=1S/C19H25NO3/c1-20-9-8-19-12-5-7-15(22-3)18(19)23-17-14(21-2)6-4-11(16(17)19)10-13(12)20/h4,6,12-13,15,18H,5,7-10H2,1-3H3. The maximum absolute atomic E-state index is 6.57. The highest BCUT2D eigenvalue weighted by atomic mass is 16.6. The summed E-state index contributed by atoms with van der Waals surface area (Å²) in [6.07, 6.45) is 4.99. The highest BCUT2D eigenvalue weighted by molar-refractivity contribution is 5.61. The third-order valence-corrected chi connectivity index (χ3v) is 7.05. The number of likely N-dealkylation sites (tertiary alicyclic amines) is 1. The number of piperidine rings is 1. The van der Waals surface area contributed by atoms with Crippen molar-refractivity contribution in [3.8, 4) is 11.5 Å². The zero-order valence-corrected chi connectivity index (χ0v) is 14.2. The van der Waals surface area contributed by atoms with Crippen molar-refractivity contribution in [1.82, 2.24) is 4.90 Å². The summed E-state index contributed by atoms with van der Waals surface area (Å²) in [6.45, 7) is 1.15. The van der Waals surface area contributed by atoms with Crippen LogP contribution in [0.15, 0.2) is 12.1 Å². The van der Waals surface area contributed by atoms with Crippen LogP contribution in [0.1, 0.15) is 30.4 Å². The van der Waals surface area contributed by atoms with Gasteiger partial charge in [-0.05, 0) is 56.8 Å². The molecule has 124 valence electrons. The largest absolute Gasteiger partial charge is 0.493 e. The van der Waals surface area contributed by atoms with E-state index in [0.717, 1.165) is 30.9 Å². The predicted molar refractivity (Wildman–Crippen MR) is 87.3 cm³/mol. The van der Waals surface area contributed by atoms with Crippen LogP contribution < -0.4 is 9.47 Å². The number of ether oxygens (including phenoxy) is 3. The van der Waals surface area contributed by atoms with Gasteiger partial charge in [-0.3, -0.25) is 0 Å². The summed E-state index contributed by atoms with van der Waals surface area (Å²) < 4.78 is 18.1. The van der Waals surface area contributed by atoms with E-state index in [9.17, 15) is 0 Å². The number of hydrogen-bond donors (Lipinski definition) is 0. The minimum Gasteiger partial charge on any atom is -0.493 e. The minimum atomic E-state index is 0.132. The van der Waals surface area contributed by atoms with Crippen molar-refractivity contribution < 1.29 is 14.2 Å². The van der Waals surface area contributed by atoms with E-state index in [1.807, 2.05) is 7.11 Å². The fraction of sp³-hybridized carbons (Fsp3) is 0.684. The van der Waals surface area contributed by atoms with Gasteiger partial charge in [0.15, 0.2) is 11.5 Å². The van der Waals surface area contributed by atoms with Crippen LogP contribution in [0.4, 0.5) is 0 Å². The van der Waals surface area contributed by atoms with E-state index in [0.29, 0.717) is 12.0 Å². The minimum absolute atomic E-state index is 0.132. The Bertz CT molecular complexity index is 660. The Morgan fingerprint density at radius 2 is 2.13 bits per heavy atom. The van der Waals surface area contributed by atoms with Gasteiger partial charge in [-0.25, -0.2) is 0 Å². The molecule has 1 saturated carbocycles. The van der Waals surface area contributed by atoms with Gasteiger partial charge in [-0.2, -0.15) is 0 Å². The quantitative estimate of drug-likeness (QED) is 0.838. The molecule has 23 heavy (non-hydrogen) atoms. The second kappa shape index (κ2) is 4.64.